The van der Waals surface area contributed by atoms with E-state index in [9.17, 15) is 13.2 Å². The number of hydrogen-bond acceptors (Lipinski definition) is 10. The summed E-state index contributed by atoms with van der Waals surface area (Å²) in [5.74, 6) is 0.750. The van der Waals surface area contributed by atoms with Gasteiger partial charge in [0.15, 0.2) is 0 Å². The third kappa shape index (κ3) is 5.10. The molecule has 2 heterocycles. The predicted molar refractivity (Wildman–Crippen MR) is 139 cm³/mol. The van der Waals surface area contributed by atoms with E-state index in [2.05, 4.69) is 26.6 Å². The molecule has 2 aromatic carbocycles. The first-order chi connectivity index (χ1) is 18.1. The average Bonchev–Trinajstić information content (AvgIpc) is 3.33. The fourth-order valence-corrected chi connectivity index (χ4v) is 5.79. The number of carbonyl (C=O) groups is 1. The summed E-state index contributed by atoms with van der Waals surface area (Å²) in [6.07, 6.45) is 1.49. The van der Waals surface area contributed by atoms with Crippen molar-refractivity contribution in [2.75, 3.05) is 21.2 Å². The van der Waals surface area contributed by atoms with Gasteiger partial charge in [0.05, 0.1) is 29.2 Å². The number of nitriles is 1. The van der Waals surface area contributed by atoms with Gasteiger partial charge in [-0.1, -0.05) is 12.1 Å². The highest BCUT2D eigenvalue weighted by atomic mass is 32.2. The number of nitrogens with zero attached hydrogens (tertiary/aromatic N) is 5. The zero-order chi connectivity index (χ0) is 27.1. The first-order valence-electron chi connectivity index (χ1n) is 11.7. The van der Waals surface area contributed by atoms with Crippen LogP contribution in [-0.4, -0.2) is 60.6 Å². The quantitative estimate of drug-likeness (QED) is 0.330. The Labute approximate surface area is 223 Å². The first kappa shape index (κ1) is 25.8. The van der Waals surface area contributed by atoms with Gasteiger partial charge < -0.3 is 14.5 Å². The Bertz CT molecular complexity index is 1660. The summed E-state index contributed by atoms with van der Waals surface area (Å²) in [7, 11) is 1.04. The smallest absolute Gasteiger partial charge is 0.242 e. The van der Waals surface area contributed by atoms with Crippen LogP contribution < -0.4 is 10.1 Å². The van der Waals surface area contributed by atoms with Crippen molar-refractivity contribution in [2.45, 2.75) is 36.1 Å². The molecule has 13 heteroatoms. The van der Waals surface area contributed by atoms with Crippen molar-refractivity contribution in [1.82, 2.24) is 24.8 Å². The van der Waals surface area contributed by atoms with Gasteiger partial charge in [-0.3, -0.25) is 4.79 Å². The molecule has 38 heavy (non-hydrogen) atoms. The molecule has 0 bridgehead atoms. The average molecular weight is 553 g/mol. The highest BCUT2D eigenvalue weighted by Gasteiger charge is 2.44. The number of amides is 1. The van der Waals surface area contributed by atoms with E-state index in [1.54, 1.807) is 31.4 Å². The number of aromatic nitrogens is 3. The highest BCUT2D eigenvalue weighted by molar-refractivity contribution is 7.89. The largest absolute Gasteiger partial charge is 0.494 e. The van der Waals surface area contributed by atoms with Gasteiger partial charge in [-0.2, -0.15) is 5.26 Å². The lowest BCUT2D eigenvalue weighted by Gasteiger charge is -2.12. The van der Waals surface area contributed by atoms with E-state index in [0.717, 1.165) is 20.8 Å². The van der Waals surface area contributed by atoms with Gasteiger partial charge in [-0.15, -0.1) is 21.5 Å². The fourth-order valence-electron chi connectivity index (χ4n) is 3.87. The molecule has 4 aromatic rings. The van der Waals surface area contributed by atoms with Gasteiger partial charge in [-0.25, -0.2) is 17.7 Å². The second kappa shape index (κ2) is 9.79. The number of methoxy groups -OCH3 is 1. The van der Waals surface area contributed by atoms with Crippen LogP contribution in [0.5, 0.6) is 5.75 Å². The molecule has 11 nitrogen and oxygen atoms in total. The summed E-state index contributed by atoms with van der Waals surface area (Å²) in [6, 6.07) is 12.6. The molecule has 0 unspecified atom stereocenters. The molecule has 0 saturated heterocycles. The van der Waals surface area contributed by atoms with E-state index < -0.39 is 15.6 Å². The van der Waals surface area contributed by atoms with Crippen LogP contribution in [0.25, 0.3) is 21.3 Å². The van der Waals surface area contributed by atoms with E-state index in [1.165, 1.54) is 29.7 Å². The Balaban J connectivity index is 1.34. The maximum atomic E-state index is 12.4. The topological polar surface area (TPSA) is 151 Å². The van der Waals surface area contributed by atoms with Crippen LogP contribution in [0.4, 0.5) is 0 Å². The first-order valence-corrected chi connectivity index (χ1v) is 13.9. The Morgan fingerprint density at radius 3 is 2.53 bits per heavy atom. The van der Waals surface area contributed by atoms with E-state index in [4.69, 9.17) is 14.4 Å². The van der Waals surface area contributed by atoms with Gasteiger partial charge >= 0.3 is 0 Å². The molecule has 0 aliphatic heterocycles. The molecule has 1 fully saturated rings. The van der Waals surface area contributed by atoms with Gasteiger partial charge in [0.1, 0.15) is 28.2 Å². The number of fused-ring (bicyclic) bond motifs is 1. The number of carbonyl (C=O) groups excluding carboxylic acids is 1. The molecule has 0 spiro atoms. The molecular formula is C25H24N6O5S2. The third-order valence-electron chi connectivity index (χ3n) is 6.16. The number of ether oxygens (including phenoxy) is 1. The predicted octanol–water partition coefficient (Wildman–Crippen LogP) is 2.91. The van der Waals surface area contributed by atoms with Crippen LogP contribution in [0.15, 0.2) is 45.7 Å². The molecule has 196 valence electrons. The third-order valence-corrected chi connectivity index (χ3v) is 8.99. The molecule has 1 aliphatic rings. The van der Waals surface area contributed by atoms with E-state index in [1.807, 2.05) is 12.1 Å². The van der Waals surface area contributed by atoms with Crippen molar-refractivity contribution in [1.29, 1.82) is 5.26 Å². The summed E-state index contributed by atoms with van der Waals surface area (Å²) in [6.45, 7) is 0. The molecular weight excluding hydrogens is 528 g/mol. The van der Waals surface area contributed by atoms with Crippen molar-refractivity contribution in [2.24, 2.45) is 0 Å². The minimum Gasteiger partial charge on any atom is -0.494 e. The molecule has 5 rings (SSSR count). The Hall–Kier alpha value is -3.86. The molecule has 1 amide bonds. The van der Waals surface area contributed by atoms with Crippen molar-refractivity contribution < 1.29 is 22.4 Å². The summed E-state index contributed by atoms with van der Waals surface area (Å²) in [4.78, 5) is 17.1. The number of thiazole rings is 1. The maximum Gasteiger partial charge on any atom is 0.242 e. The van der Waals surface area contributed by atoms with Crippen molar-refractivity contribution in [3.8, 4) is 22.9 Å². The number of sulfonamides is 1. The molecule has 1 N–H and O–H groups in total. The number of benzene rings is 2. The summed E-state index contributed by atoms with van der Waals surface area (Å²) < 4.78 is 38.1. The van der Waals surface area contributed by atoms with Gasteiger partial charge in [0.25, 0.3) is 0 Å². The lowest BCUT2D eigenvalue weighted by molar-refractivity contribution is -0.121. The summed E-state index contributed by atoms with van der Waals surface area (Å²) >= 11 is 1.45. The molecule has 2 aromatic heterocycles. The van der Waals surface area contributed by atoms with Gasteiger partial charge in [-0.05, 0) is 48.2 Å². The summed E-state index contributed by atoms with van der Waals surface area (Å²) in [5.41, 5.74) is 1.64. The Morgan fingerprint density at radius 1 is 1.18 bits per heavy atom. The number of hydrogen-bond donors (Lipinski definition) is 1. The SMILES string of the molecule is COc1cc(-c2ccc(S(=O)(=O)N(C)C)cc2)cc2sc(Cc3nnc(CC(=O)NC4(C#N)CC4)o3)nc12. The number of nitrogens with one attached hydrogen (secondary N) is 1. The Kier molecular flexibility index (Phi) is 6.64. The van der Waals surface area contributed by atoms with Crippen molar-refractivity contribution >= 4 is 37.5 Å². The standard InChI is InChI=1S/C25H24N6O5S2/c1-31(2)38(33,34)17-6-4-15(5-7-17)16-10-18(35-3)24-19(11-16)37-23(27-24)13-22-30-29-21(36-22)12-20(32)28-25(14-26)8-9-25/h4-7,10-11H,8-9,12-13H2,1-3H3,(H,28,32). The Morgan fingerprint density at radius 2 is 1.89 bits per heavy atom. The highest BCUT2D eigenvalue weighted by Crippen LogP contribution is 2.36. The van der Waals surface area contributed by atoms with Crippen LogP contribution in [0.1, 0.15) is 29.6 Å². The van der Waals surface area contributed by atoms with Gasteiger partial charge in [0, 0.05) is 14.1 Å². The molecule has 1 saturated carbocycles. The fraction of sp³-hybridized carbons (Fsp3) is 0.320. The van der Waals surface area contributed by atoms with Crippen LogP contribution in [0, 0.1) is 11.3 Å². The normalized spacial score (nSPS) is 14.4. The van der Waals surface area contributed by atoms with Crippen molar-refractivity contribution in [3.63, 3.8) is 0 Å². The van der Waals surface area contributed by atoms with E-state index in [0.29, 0.717) is 30.0 Å². The zero-order valence-electron chi connectivity index (χ0n) is 20.9. The lowest BCUT2D eigenvalue weighted by Crippen LogP contribution is -2.36. The minimum absolute atomic E-state index is 0.0951. The van der Waals surface area contributed by atoms with E-state index in [-0.39, 0.29) is 29.5 Å². The second-order valence-corrected chi connectivity index (χ2v) is 12.4. The van der Waals surface area contributed by atoms with Crippen LogP contribution in [0.3, 0.4) is 0 Å². The molecule has 0 radical (unpaired) electrons. The van der Waals surface area contributed by atoms with Gasteiger partial charge in [0.2, 0.25) is 27.7 Å². The van der Waals surface area contributed by atoms with Crippen LogP contribution in [0.2, 0.25) is 0 Å². The maximum absolute atomic E-state index is 12.4. The summed E-state index contributed by atoms with van der Waals surface area (Å²) in [5, 5.41) is 20.5. The van der Waals surface area contributed by atoms with Crippen molar-refractivity contribution in [3.05, 3.63) is 53.2 Å². The molecule has 1 aliphatic carbocycles. The monoisotopic (exact) mass is 552 g/mol. The minimum atomic E-state index is -3.52. The van der Waals surface area contributed by atoms with Crippen LogP contribution >= 0.6 is 11.3 Å². The number of rotatable bonds is 9. The second-order valence-electron chi connectivity index (χ2n) is 9.13. The van der Waals surface area contributed by atoms with E-state index >= 15 is 0 Å². The molecule has 0 atom stereocenters. The lowest BCUT2D eigenvalue weighted by atomic mass is 10.1. The van der Waals surface area contributed by atoms with Crippen LogP contribution in [-0.2, 0) is 27.7 Å². The zero-order valence-corrected chi connectivity index (χ0v) is 22.5.